The van der Waals surface area contributed by atoms with Gasteiger partial charge in [-0.1, -0.05) is 0 Å². The van der Waals surface area contributed by atoms with Crippen LogP contribution in [0.15, 0.2) is 0 Å². The van der Waals surface area contributed by atoms with Crippen molar-refractivity contribution in [3.63, 3.8) is 0 Å². The number of ether oxygens (including phenoxy) is 1. The van der Waals surface area contributed by atoms with E-state index < -0.39 is 12.0 Å². The molecule has 2 aliphatic heterocycles. The van der Waals surface area contributed by atoms with Gasteiger partial charge in [0.15, 0.2) is 0 Å². The zero-order chi connectivity index (χ0) is 13.8. The Labute approximate surface area is 117 Å². The first-order valence-electron chi connectivity index (χ1n) is 6.48. The smallest absolute Gasteiger partial charge is 0.327 e. The summed E-state index contributed by atoms with van der Waals surface area (Å²) in [6, 6.07) is -0.821. The Morgan fingerprint density at radius 1 is 1.47 bits per heavy atom. The number of nitrogens with zero attached hydrogens (tertiary/aromatic N) is 2. The molecule has 19 heavy (non-hydrogen) atoms. The van der Waals surface area contributed by atoms with Crippen molar-refractivity contribution in [1.29, 1.82) is 0 Å². The summed E-state index contributed by atoms with van der Waals surface area (Å²) < 4.78 is 5.14. The van der Waals surface area contributed by atoms with E-state index in [0.717, 1.165) is 12.8 Å². The van der Waals surface area contributed by atoms with Crippen LogP contribution in [0.1, 0.15) is 12.8 Å². The van der Waals surface area contributed by atoms with Crippen molar-refractivity contribution in [1.82, 2.24) is 9.80 Å². The van der Waals surface area contributed by atoms with Gasteiger partial charge in [0.05, 0.1) is 12.5 Å². The standard InChI is InChI=1S/C12H20N2O4S/c1-18-6-9-3-2-4-13(5-9)12(17)14-8-19-7-10(14)11(15)16/h9-10H,2-8H2,1H3,(H,15,16). The number of piperidine rings is 1. The number of carbonyl (C=O) groups is 2. The van der Waals surface area contributed by atoms with Crippen LogP contribution in [0.5, 0.6) is 0 Å². The maximum absolute atomic E-state index is 12.4. The van der Waals surface area contributed by atoms with Crippen molar-refractivity contribution in [2.75, 3.05) is 38.4 Å². The van der Waals surface area contributed by atoms with Gasteiger partial charge in [-0.2, -0.15) is 0 Å². The Bertz CT molecular complexity index is 351. The molecular weight excluding hydrogens is 268 g/mol. The van der Waals surface area contributed by atoms with Crippen molar-refractivity contribution in [3.05, 3.63) is 0 Å². The first kappa shape index (κ1) is 14.5. The van der Waals surface area contributed by atoms with Gasteiger partial charge >= 0.3 is 12.0 Å². The Hall–Kier alpha value is -0.950. The van der Waals surface area contributed by atoms with Gasteiger partial charge in [0.1, 0.15) is 6.04 Å². The van der Waals surface area contributed by atoms with E-state index in [1.807, 2.05) is 0 Å². The minimum Gasteiger partial charge on any atom is -0.480 e. The zero-order valence-corrected chi connectivity index (χ0v) is 11.9. The van der Waals surface area contributed by atoms with Crippen LogP contribution in [0.3, 0.4) is 0 Å². The van der Waals surface area contributed by atoms with Crippen molar-refractivity contribution in [2.45, 2.75) is 18.9 Å². The second-order valence-electron chi connectivity index (χ2n) is 5.02. The number of amides is 2. The van der Waals surface area contributed by atoms with Crippen molar-refractivity contribution >= 4 is 23.8 Å². The van der Waals surface area contributed by atoms with Crippen molar-refractivity contribution in [3.8, 4) is 0 Å². The van der Waals surface area contributed by atoms with Crippen LogP contribution in [-0.2, 0) is 9.53 Å². The highest BCUT2D eigenvalue weighted by atomic mass is 32.2. The van der Waals surface area contributed by atoms with Gasteiger partial charge in [-0.05, 0) is 12.8 Å². The van der Waals surface area contributed by atoms with Crippen molar-refractivity contribution < 1.29 is 19.4 Å². The minimum atomic E-state index is -0.913. The number of urea groups is 1. The molecule has 0 radical (unpaired) electrons. The number of hydrogen-bond acceptors (Lipinski definition) is 4. The maximum atomic E-state index is 12.4. The molecule has 0 aromatic carbocycles. The van der Waals surface area contributed by atoms with E-state index >= 15 is 0 Å². The summed E-state index contributed by atoms with van der Waals surface area (Å²) in [5.41, 5.74) is 0. The lowest BCUT2D eigenvalue weighted by atomic mass is 9.99. The molecule has 2 fully saturated rings. The van der Waals surface area contributed by atoms with Crippen LogP contribution in [0.2, 0.25) is 0 Å². The predicted octanol–water partition coefficient (Wildman–Crippen LogP) is 0.924. The molecule has 0 aliphatic carbocycles. The molecule has 2 heterocycles. The molecule has 2 rings (SSSR count). The number of rotatable bonds is 3. The normalized spacial score (nSPS) is 27.6. The first-order chi connectivity index (χ1) is 9.13. The first-order valence-corrected chi connectivity index (χ1v) is 7.64. The molecule has 108 valence electrons. The highest BCUT2D eigenvalue weighted by Crippen LogP contribution is 2.25. The van der Waals surface area contributed by atoms with E-state index in [4.69, 9.17) is 9.84 Å². The van der Waals surface area contributed by atoms with Gasteiger partial charge in [0.2, 0.25) is 0 Å². The molecular formula is C12H20N2O4S. The Kier molecular flexibility index (Phi) is 4.93. The number of carboxylic acid groups (broad SMARTS) is 1. The number of carboxylic acids is 1. The molecule has 0 aromatic rings. The number of aliphatic carboxylic acids is 1. The third kappa shape index (κ3) is 3.33. The number of carbonyl (C=O) groups excluding carboxylic acids is 1. The second-order valence-corrected chi connectivity index (χ2v) is 6.02. The molecule has 1 N–H and O–H groups in total. The number of methoxy groups -OCH3 is 1. The summed E-state index contributed by atoms with van der Waals surface area (Å²) in [5.74, 6) is 0.405. The van der Waals surface area contributed by atoms with Gasteiger partial charge in [0.25, 0.3) is 0 Å². The molecule has 2 amide bonds. The Morgan fingerprint density at radius 2 is 2.26 bits per heavy atom. The van der Waals surface area contributed by atoms with E-state index in [2.05, 4.69) is 0 Å². The summed E-state index contributed by atoms with van der Waals surface area (Å²) in [4.78, 5) is 26.8. The maximum Gasteiger partial charge on any atom is 0.327 e. The summed E-state index contributed by atoms with van der Waals surface area (Å²) in [5, 5.41) is 9.12. The van der Waals surface area contributed by atoms with E-state index in [9.17, 15) is 9.59 Å². The van der Waals surface area contributed by atoms with E-state index in [0.29, 0.717) is 37.2 Å². The molecule has 2 saturated heterocycles. The minimum absolute atomic E-state index is 0.141. The van der Waals surface area contributed by atoms with Crippen LogP contribution in [-0.4, -0.2) is 71.4 Å². The highest BCUT2D eigenvalue weighted by molar-refractivity contribution is 7.99. The molecule has 6 nitrogen and oxygen atoms in total. The van der Waals surface area contributed by atoms with Crippen LogP contribution < -0.4 is 0 Å². The summed E-state index contributed by atoms with van der Waals surface area (Å²) in [6.07, 6.45) is 2.02. The largest absolute Gasteiger partial charge is 0.480 e. The topological polar surface area (TPSA) is 70.1 Å². The molecule has 0 bridgehead atoms. The lowest BCUT2D eigenvalue weighted by molar-refractivity contribution is -0.141. The van der Waals surface area contributed by atoms with Crippen LogP contribution in [0.4, 0.5) is 4.79 Å². The average molecular weight is 288 g/mol. The number of thioether (sulfide) groups is 1. The molecule has 2 aliphatic rings. The Balaban J connectivity index is 1.96. The SMILES string of the molecule is COCC1CCCN(C(=O)N2CSCC2C(=O)O)C1. The fourth-order valence-electron chi connectivity index (χ4n) is 2.63. The van der Waals surface area contributed by atoms with Crippen LogP contribution in [0.25, 0.3) is 0 Å². The zero-order valence-electron chi connectivity index (χ0n) is 11.1. The average Bonchev–Trinajstić information content (AvgIpc) is 2.88. The van der Waals surface area contributed by atoms with Gasteiger partial charge in [-0.3, -0.25) is 0 Å². The molecule has 0 spiro atoms. The fraction of sp³-hybridized carbons (Fsp3) is 0.833. The summed E-state index contributed by atoms with van der Waals surface area (Å²) in [7, 11) is 1.67. The van der Waals surface area contributed by atoms with Gasteiger partial charge in [0, 0.05) is 31.9 Å². The van der Waals surface area contributed by atoms with Gasteiger partial charge < -0.3 is 19.6 Å². The van der Waals surface area contributed by atoms with Crippen molar-refractivity contribution in [2.24, 2.45) is 5.92 Å². The molecule has 7 heteroatoms. The molecule has 0 aromatic heterocycles. The van der Waals surface area contributed by atoms with Crippen LogP contribution in [0, 0.1) is 5.92 Å². The Morgan fingerprint density at radius 3 is 2.95 bits per heavy atom. The lowest BCUT2D eigenvalue weighted by Crippen LogP contribution is -2.51. The third-order valence-corrected chi connectivity index (χ3v) is 4.62. The van der Waals surface area contributed by atoms with Gasteiger partial charge in [-0.25, -0.2) is 9.59 Å². The molecule has 2 atom stereocenters. The molecule has 0 saturated carbocycles. The quantitative estimate of drug-likeness (QED) is 0.836. The molecule has 2 unspecified atom stereocenters. The highest BCUT2D eigenvalue weighted by Gasteiger charge is 2.37. The van der Waals surface area contributed by atoms with Crippen LogP contribution >= 0.6 is 11.8 Å². The lowest BCUT2D eigenvalue weighted by Gasteiger charge is -2.35. The van der Waals surface area contributed by atoms with Gasteiger partial charge in [-0.15, -0.1) is 11.8 Å². The fourth-order valence-corrected chi connectivity index (χ4v) is 3.77. The van der Waals surface area contributed by atoms with E-state index in [-0.39, 0.29) is 6.03 Å². The monoisotopic (exact) mass is 288 g/mol. The van der Waals surface area contributed by atoms with E-state index in [1.165, 1.54) is 16.7 Å². The third-order valence-electron chi connectivity index (χ3n) is 3.60. The summed E-state index contributed by atoms with van der Waals surface area (Å²) in [6.45, 7) is 2.04. The second kappa shape index (κ2) is 6.47. The predicted molar refractivity (Wildman–Crippen MR) is 72.2 cm³/mol. The summed E-state index contributed by atoms with van der Waals surface area (Å²) >= 11 is 1.49. The van der Waals surface area contributed by atoms with E-state index in [1.54, 1.807) is 12.0 Å². The number of likely N-dealkylation sites (tertiary alicyclic amines) is 1. The number of hydrogen-bond donors (Lipinski definition) is 1.